The third-order valence-electron chi connectivity index (χ3n) is 3.19. The Bertz CT molecular complexity index is 622. The summed E-state index contributed by atoms with van der Waals surface area (Å²) in [4.78, 5) is 13.1. The average Bonchev–Trinajstić information content (AvgIpc) is 2.38. The number of rotatable bonds is 3. The Balaban J connectivity index is 2.51. The van der Waals surface area contributed by atoms with E-state index in [0.717, 1.165) is 17.7 Å². The number of aldehydes is 1. The van der Waals surface area contributed by atoms with E-state index in [2.05, 4.69) is 32.0 Å². The highest BCUT2D eigenvalue weighted by molar-refractivity contribution is 6.31. The van der Waals surface area contributed by atoms with Crippen LogP contribution in [0.25, 0.3) is 0 Å². The normalized spacial score (nSPS) is 10.3. The second kappa shape index (κ2) is 5.45. The van der Waals surface area contributed by atoms with Gasteiger partial charge in [-0.3, -0.25) is 4.79 Å². The van der Waals surface area contributed by atoms with Gasteiger partial charge in [0.1, 0.15) is 0 Å². The molecule has 2 aromatic carbocycles. The molecule has 0 amide bonds. The molecule has 0 aromatic heterocycles. The maximum atomic E-state index is 11.1. The maximum Gasteiger partial charge on any atom is 0.152 e. The van der Waals surface area contributed by atoms with Crippen LogP contribution in [-0.2, 0) is 0 Å². The van der Waals surface area contributed by atoms with Crippen LogP contribution in [-0.4, -0.2) is 13.3 Å². The second-order valence-corrected chi connectivity index (χ2v) is 5.11. The SMILES string of the molecule is Cc1ccc(N(C)c2cc(Cl)ccc2C=O)c(C)c1. The van der Waals surface area contributed by atoms with Crippen molar-refractivity contribution in [3.8, 4) is 0 Å². The molecule has 0 spiro atoms. The molecule has 0 aliphatic carbocycles. The fraction of sp³-hybridized carbons (Fsp3) is 0.188. The number of benzene rings is 2. The Morgan fingerprint density at radius 1 is 1.05 bits per heavy atom. The molecule has 19 heavy (non-hydrogen) atoms. The smallest absolute Gasteiger partial charge is 0.152 e. The molecule has 2 nitrogen and oxygen atoms in total. The second-order valence-electron chi connectivity index (χ2n) is 4.67. The lowest BCUT2D eigenvalue weighted by Crippen LogP contribution is -2.13. The predicted molar refractivity (Wildman–Crippen MR) is 80.8 cm³/mol. The van der Waals surface area contributed by atoms with Crippen LogP contribution in [0.15, 0.2) is 36.4 Å². The molecule has 3 heteroatoms. The minimum Gasteiger partial charge on any atom is -0.344 e. The molecule has 0 saturated heterocycles. The number of hydrogen-bond acceptors (Lipinski definition) is 2. The van der Waals surface area contributed by atoms with Crippen molar-refractivity contribution in [1.82, 2.24) is 0 Å². The monoisotopic (exact) mass is 273 g/mol. The fourth-order valence-corrected chi connectivity index (χ4v) is 2.38. The minimum atomic E-state index is 0.622. The van der Waals surface area contributed by atoms with Gasteiger partial charge in [-0.1, -0.05) is 29.3 Å². The molecular formula is C16H16ClNO. The van der Waals surface area contributed by atoms with Crippen molar-refractivity contribution < 1.29 is 4.79 Å². The van der Waals surface area contributed by atoms with Gasteiger partial charge in [-0.15, -0.1) is 0 Å². The molecule has 0 unspecified atom stereocenters. The number of halogens is 1. The number of aryl methyl sites for hydroxylation is 2. The van der Waals surface area contributed by atoms with Gasteiger partial charge in [0.15, 0.2) is 6.29 Å². The highest BCUT2D eigenvalue weighted by Crippen LogP contribution is 2.31. The molecule has 0 aliphatic heterocycles. The third-order valence-corrected chi connectivity index (χ3v) is 3.43. The Morgan fingerprint density at radius 2 is 1.79 bits per heavy atom. The molecule has 2 aromatic rings. The van der Waals surface area contributed by atoms with E-state index in [1.807, 2.05) is 18.0 Å². The highest BCUT2D eigenvalue weighted by Gasteiger charge is 2.11. The standard InChI is InChI=1S/C16H16ClNO/c1-11-4-7-15(12(2)8-11)18(3)16-9-14(17)6-5-13(16)10-19/h4-10H,1-3H3. The molecular weight excluding hydrogens is 258 g/mol. The molecule has 0 atom stereocenters. The molecule has 2 rings (SSSR count). The summed E-state index contributed by atoms with van der Waals surface area (Å²) in [6.07, 6.45) is 0.853. The van der Waals surface area contributed by atoms with Crippen molar-refractivity contribution in [3.63, 3.8) is 0 Å². The van der Waals surface area contributed by atoms with Gasteiger partial charge in [0, 0.05) is 23.3 Å². The molecule has 0 heterocycles. The molecule has 0 aliphatic rings. The van der Waals surface area contributed by atoms with Gasteiger partial charge in [0.2, 0.25) is 0 Å². The molecule has 0 saturated carbocycles. The summed E-state index contributed by atoms with van der Waals surface area (Å²) in [5.74, 6) is 0. The zero-order valence-electron chi connectivity index (χ0n) is 11.3. The van der Waals surface area contributed by atoms with Gasteiger partial charge in [-0.2, -0.15) is 0 Å². The first kappa shape index (κ1) is 13.6. The lowest BCUT2D eigenvalue weighted by atomic mass is 10.1. The molecule has 0 bridgehead atoms. The predicted octanol–water partition coefficient (Wildman–Crippen LogP) is 4.54. The summed E-state index contributed by atoms with van der Waals surface area (Å²) in [6.45, 7) is 4.12. The molecule has 0 fully saturated rings. The number of anilines is 2. The summed E-state index contributed by atoms with van der Waals surface area (Å²) in [5.41, 5.74) is 4.90. The molecule has 98 valence electrons. The maximum absolute atomic E-state index is 11.1. The largest absolute Gasteiger partial charge is 0.344 e. The summed E-state index contributed by atoms with van der Waals surface area (Å²) < 4.78 is 0. The Hall–Kier alpha value is -1.80. The Kier molecular flexibility index (Phi) is 3.91. The third kappa shape index (κ3) is 2.79. The zero-order valence-corrected chi connectivity index (χ0v) is 12.0. The van der Waals surface area contributed by atoms with E-state index in [-0.39, 0.29) is 0 Å². The van der Waals surface area contributed by atoms with E-state index >= 15 is 0 Å². The highest BCUT2D eigenvalue weighted by atomic mass is 35.5. The summed E-state index contributed by atoms with van der Waals surface area (Å²) >= 11 is 6.03. The van der Waals surface area contributed by atoms with Crippen molar-refractivity contribution in [2.24, 2.45) is 0 Å². The zero-order chi connectivity index (χ0) is 14.0. The summed E-state index contributed by atoms with van der Waals surface area (Å²) in [6, 6.07) is 11.5. The van der Waals surface area contributed by atoms with Crippen molar-refractivity contribution in [3.05, 3.63) is 58.1 Å². The van der Waals surface area contributed by atoms with Crippen LogP contribution in [0.4, 0.5) is 11.4 Å². The van der Waals surface area contributed by atoms with E-state index in [0.29, 0.717) is 10.6 Å². The van der Waals surface area contributed by atoms with E-state index in [1.54, 1.807) is 12.1 Å². The van der Waals surface area contributed by atoms with Gasteiger partial charge in [-0.05, 0) is 43.7 Å². The first-order valence-corrected chi connectivity index (χ1v) is 6.46. The summed E-state index contributed by atoms with van der Waals surface area (Å²) in [7, 11) is 1.94. The van der Waals surface area contributed by atoms with E-state index < -0.39 is 0 Å². The van der Waals surface area contributed by atoms with E-state index in [4.69, 9.17) is 11.6 Å². The molecule has 0 radical (unpaired) electrons. The number of nitrogens with zero attached hydrogens (tertiary/aromatic N) is 1. The number of hydrogen-bond donors (Lipinski definition) is 0. The topological polar surface area (TPSA) is 20.3 Å². The van der Waals surface area contributed by atoms with Crippen LogP contribution in [0.2, 0.25) is 5.02 Å². The summed E-state index contributed by atoms with van der Waals surface area (Å²) in [5, 5.41) is 0.622. The number of carbonyl (C=O) groups is 1. The van der Waals surface area contributed by atoms with E-state index in [1.165, 1.54) is 11.1 Å². The number of carbonyl (C=O) groups excluding carboxylic acids is 1. The van der Waals surface area contributed by atoms with Crippen LogP contribution in [0.5, 0.6) is 0 Å². The van der Waals surface area contributed by atoms with Crippen LogP contribution in [0.3, 0.4) is 0 Å². The quantitative estimate of drug-likeness (QED) is 0.766. The Morgan fingerprint density at radius 3 is 2.42 bits per heavy atom. The first-order valence-electron chi connectivity index (χ1n) is 6.08. The van der Waals surface area contributed by atoms with Gasteiger partial charge >= 0.3 is 0 Å². The van der Waals surface area contributed by atoms with Crippen molar-refractivity contribution in [1.29, 1.82) is 0 Å². The lowest BCUT2D eigenvalue weighted by molar-refractivity contribution is 0.112. The van der Waals surface area contributed by atoms with Crippen LogP contribution >= 0.6 is 11.6 Å². The van der Waals surface area contributed by atoms with Crippen LogP contribution in [0, 0.1) is 13.8 Å². The van der Waals surface area contributed by atoms with Crippen LogP contribution in [0.1, 0.15) is 21.5 Å². The minimum absolute atomic E-state index is 0.622. The average molecular weight is 274 g/mol. The first-order chi connectivity index (χ1) is 9.02. The van der Waals surface area contributed by atoms with Gasteiger partial charge < -0.3 is 4.90 Å². The van der Waals surface area contributed by atoms with E-state index in [9.17, 15) is 4.79 Å². The van der Waals surface area contributed by atoms with Crippen molar-refractivity contribution in [2.45, 2.75) is 13.8 Å². The van der Waals surface area contributed by atoms with Crippen molar-refractivity contribution >= 4 is 29.3 Å². The van der Waals surface area contributed by atoms with Crippen molar-refractivity contribution in [2.75, 3.05) is 11.9 Å². The molecule has 0 N–H and O–H groups in total. The van der Waals surface area contributed by atoms with Gasteiger partial charge in [-0.25, -0.2) is 0 Å². The fourth-order valence-electron chi connectivity index (χ4n) is 2.22. The van der Waals surface area contributed by atoms with Gasteiger partial charge in [0.25, 0.3) is 0 Å². The van der Waals surface area contributed by atoms with Crippen LogP contribution < -0.4 is 4.90 Å². The van der Waals surface area contributed by atoms with Gasteiger partial charge in [0.05, 0.1) is 5.69 Å². The lowest BCUT2D eigenvalue weighted by Gasteiger charge is -2.23. The Labute approximate surface area is 118 Å².